The van der Waals surface area contributed by atoms with Gasteiger partial charge in [0.1, 0.15) is 11.5 Å². The molecule has 3 N–H and O–H groups in total. The zero-order valence-corrected chi connectivity index (χ0v) is 14.7. The van der Waals surface area contributed by atoms with E-state index in [2.05, 4.69) is 10.6 Å². The van der Waals surface area contributed by atoms with Crippen LogP contribution in [0.15, 0.2) is 36.4 Å². The maximum absolute atomic E-state index is 11.9. The van der Waals surface area contributed by atoms with E-state index in [1.807, 2.05) is 38.1 Å². The smallest absolute Gasteiger partial charge is 0.264 e. The van der Waals surface area contributed by atoms with Crippen molar-refractivity contribution in [2.45, 2.75) is 20.8 Å². The molecule has 2 aromatic rings. The number of phenols is 1. The molecule has 0 atom stereocenters. The number of carbonyl (C=O) groups excluding carboxylic acids is 1. The minimum atomic E-state index is -0.375. The van der Waals surface area contributed by atoms with Crippen LogP contribution in [0, 0.1) is 20.8 Å². The molecule has 0 saturated carbocycles. The molecule has 126 valence electrons. The Labute approximate surface area is 146 Å². The summed E-state index contributed by atoms with van der Waals surface area (Å²) in [6.07, 6.45) is 0. The molecule has 2 aromatic carbocycles. The van der Waals surface area contributed by atoms with Crippen LogP contribution in [-0.2, 0) is 4.79 Å². The first kappa shape index (κ1) is 17.7. The second kappa shape index (κ2) is 7.79. The van der Waals surface area contributed by atoms with Gasteiger partial charge < -0.3 is 15.2 Å². The van der Waals surface area contributed by atoms with E-state index < -0.39 is 0 Å². The summed E-state index contributed by atoms with van der Waals surface area (Å²) in [6, 6.07) is 11.1. The third kappa shape index (κ3) is 4.70. The highest BCUT2D eigenvalue weighted by Gasteiger charge is 2.10. The van der Waals surface area contributed by atoms with Crippen molar-refractivity contribution in [2.24, 2.45) is 0 Å². The second-order valence-electron chi connectivity index (χ2n) is 5.53. The standard InChI is InChI=1S/C18H20N2O3S/c1-11-8-13(3)17(22)14(9-11)19-18(24)20-16(21)10-23-15-7-5-4-6-12(15)2/h4-9,22H,10H2,1-3H3,(H2,19,20,21,24). The number of benzene rings is 2. The lowest BCUT2D eigenvalue weighted by Gasteiger charge is -2.13. The van der Waals surface area contributed by atoms with Gasteiger partial charge in [0.15, 0.2) is 11.7 Å². The lowest BCUT2D eigenvalue weighted by molar-refractivity contribution is -0.121. The number of anilines is 1. The Balaban J connectivity index is 1.90. The van der Waals surface area contributed by atoms with E-state index in [-0.39, 0.29) is 23.4 Å². The van der Waals surface area contributed by atoms with Gasteiger partial charge in [-0.25, -0.2) is 0 Å². The minimum Gasteiger partial charge on any atom is -0.505 e. The second-order valence-corrected chi connectivity index (χ2v) is 5.94. The van der Waals surface area contributed by atoms with Crippen molar-refractivity contribution in [3.63, 3.8) is 0 Å². The number of aryl methyl sites for hydroxylation is 3. The largest absolute Gasteiger partial charge is 0.505 e. The van der Waals surface area contributed by atoms with Crippen LogP contribution in [0.4, 0.5) is 5.69 Å². The fraction of sp³-hybridized carbons (Fsp3) is 0.222. The molecule has 0 aliphatic heterocycles. The van der Waals surface area contributed by atoms with Crippen LogP contribution in [0.2, 0.25) is 0 Å². The molecule has 2 rings (SSSR count). The quantitative estimate of drug-likeness (QED) is 0.587. The molecule has 0 radical (unpaired) electrons. The average Bonchev–Trinajstić information content (AvgIpc) is 2.51. The van der Waals surface area contributed by atoms with Gasteiger partial charge in [-0.05, 0) is 61.8 Å². The summed E-state index contributed by atoms with van der Waals surface area (Å²) in [7, 11) is 0. The summed E-state index contributed by atoms with van der Waals surface area (Å²) in [6.45, 7) is 5.47. The van der Waals surface area contributed by atoms with Gasteiger partial charge >= 0.3 is 0 Å². The van der Waals surface area contributed by atoms with Gasteiger partial charge in [-0.15, -0.1) is 0 Å². The van der Waals surface area contributed by atoms with Crippen molar-refractivity contribution in [1.82, 2.24) is 5.32 Å². The molecule has 5 nitrogen and oxygen atoms in total. The van der Waals surface area contributed by atoms with Gasteiger partial charge in [-0.1, -0.05) is 24.3 Å². The highest BCUT2D eigenvalue weighted by atomic mass is 32.1. The molecule has 0 aliphatic rings. The first-order chi connectivity index (χ1) is 11.4. The van der Waals surface area contributed by atoms with Crippen LogP contribution >= 0.6 is 12.2 Å². The van der Waals surface area contributed by atoms with Crippen molar-refractivity contribution >= 4 is 28.9 Å². The van der Waals surface area contributed by atoms with Crippen molar-refractivity contribution in [3.05, 3.63) is 53.1 Å². The summed E-state index contributed by atoms with van der Waals surface area (Å²) in [5.41, 5.74) is 3.11. The predicted molar refractivity (Wildman–Crippen MR) is 98.6 cm³/mol. The number of amides is 1. The minimum absolute atomic E-state index is 0.105. The first-order valence-electron chi connectivity index (χ1n) is 7.46. The van der Waals surface area contributed by atoms with E-state index in [4.69, 9.17) is 17.0 Å². The Morgan fingerprint density at radius 3 is 2.58 bits per heavy atom. The molecule has 0 aliphatic carbocycles. The summed E-state index contributed by atoms with van der Waals surface area (Å²) >= 11 is 5.11. The topological polar surface area (TPSA) is 70.6 Å². The predicted octanol–water partition coefficient (Wildman–Crippen LogP) is 3.21. The van der Waals surface area contributed by atoms with Gasteiger partial charge in [0, 0.05) is 0 Å². The number of carbonyl (C=O) groups is 1. The maximum Gasteiger partial charge on any atom is 0.264 e. The van der Waals surface area contributed by atoms with E-state index in [9.17, 15) is 9.90 Å². The van der Waals surface area contributed by atoms with Crippen LogP contribution in [0.5, 0.6) is 11.5 Å². The van der Waals surface area contributed by atoms with Crippen LogP contribution in [0.25, 0.3) is 0 Å². The third-order valence-electron chi connectivity index (χ3n) is 3.40. The molecule has 0 saturated heterocycles. The Morgan fingerprint density at radius 2 is 1.88 bits per heavy atom. The summed E-state index contributed by atoms with van der Waals surface area (Å²) in [5.74, 6) is 0.381. The first-order valence-corrected chi connectivity index (χ1v) is 7.87. The van der Waals surface area contributed by atoms with Gasteiger partial charge in [0.25, 0.3) is 5.91 Å². The van der Waals surface area contributed by atoms with E-state index in [1.165, 1.54) is 0 Å². The van der Waals surface area contributed by atoms with Gasteiger partial charge in [-0.2, -0.15) is 0 Å². The number of aromatic hydroxyl groups is 1. The molecule has 0 bridgehead atoms. The van der Waals surface area contributed by atoms with Gasteiger partial charge in [0.05, 0.1) is 5.69 Å². The van der Waals surface area contributed by atoms with Crippen LogP contribution in [-0.4, -0.2) is 22.7 Å². The zero-order chi connectivity index (χ0) is 17.7. The molecular formula is C18H20N2O3S. The molecule has 0 heterocycles. The molecular weight excluding hydrogens is 324 g/mol. The highest BCUT2D eigenvalue weighted by molar-refractivity contribution is 7.80. The molecule has 24 heavy (non-hydrogen) atoms. The Kier molecular flexibility index (Phi) is 5.76. The summed E-state index contributed by atoms with van der Waals surface area (Å²) < 4.78 is 5.46. The van der Waals surface area contributed by atoms with Crippen LogP contribution in [0.1, 0.15) is 16.7 Å². The number of hydrogen-bond donors (Lipinski definition) is 3. The van der Waals surface area contributed by atoms with Crippen molar-refractivity contribution in [2.75, 3.05) is 11.9 Å². The highest BCUT2D eigenvalue weighted by Crippen LogP contribution is 2.28. The number of phenolic OH excluding ortho intramolecular Hbond substituents is 1. The molecule has 0 unspecified atom stereocenters. The lowest BCUT2D eigenvalue weighted by atomic mass is 10.1. The van der Waals surface area contributed by atoms with Gasteiger partial charge in [0.2, 0.25) is 0 Å². The van der Waals surface area contributed by atoms with Crippen molar-refractivity contribution in [3.8, 4) is 11.5 Å². The zero-order valence-electron chi connectivity index (χ0n) is 13.8. The number of para-hydroxylation sites is 1. The summed E-state index contributed by atoms with van der Waals surface area (Å²) in [4.78, 5) is 11.9. The molecule has 0 spiro atoms. The van der Waals surface area contributed by atoms with Gasteiger partial charge in [-0.3, -0.25) is 10.1 Å². The summed E-state index contributed by atoms with van der Waals surface area (Å²) in [5, 5.41) is 15.5. The van der Waals surface area contributed by atoms with E-state index >= 15 is 0 Å². The normalized spacial score (nSPS) is 10.1. The fourth-order valence-corrected chi connectivity index (χ4v) is 2.46. The molecule has 6 heteroatoms. The number of thiocarbonyl (C=S) groups is 1. The van der Waals surface area contributed by atoms with Crippen LogP contribution < -0.4 is 15.4 Å². The lowest BCUT2D eigenvalue weighted by Crippen LogP contribution is -2.37. The number of rotatable bonds is 4. The van der Waals surface area contributed by atoms with Crippen LogP contribution in [0.3, 0.4) is 0 Å². The van der Waals surface area contributed by atoms with E-state index in [0.29, 0.717) is 11.4 Å². The third-order valence-corrected chi connectivity index (χ3v) is 3.60. The monoisotopic (exact) mass is 344 g/mol. The Bertz CT molecular complexity index is 775. The van der Waals surface area contributed by atoms with Crippen molar-refractivity contribution < 1.29 is 14.6 Å². The van der Waals surface area contributed by atoms with E-state index in [1.54, 1.807) is 19.1 Å². The Morgan fingerprint density at radius 1 is 1.17 bits per heavy atom. The van der Waals surface area contributed by atoms with E-state index in [0.717, 1.165) is 16.7 Å². The maximum atomic E-state index is 11.9. The number of nitrogens with one attached hydrogen (secondary N) is 2. The Hall–Kier alpha value is -2.60. The fourth-order valence-electron chi connectivity index (χ4n) is 2.23. The number of hydrogen-bond acceptors (Lipinski definition) is 4. The molecule has 1 amide bonds. The number of ether oxygens (including phenoxy) is 1. The molecule has 0 aromatic heterocycles. The van der Waals surface area contributed by atoms with Crippen molar-refractivity contribution in [1.29, 1.82) is 0 Å². The average molecular weight is 344 g/mol. The molecule has 0 fully saturated rings. The SMILES string of the molecule is Cc1cc(C)c(O)c(NC(=S)NC(=O)COc2ccccc2C)c1.